The largest absolute Gasteiger partial charge is 0.475 e. The molecule has 4 heterocycles. The van der Waals surface area contributed by atoms with E-state index >= 15 is 0 Å². The predicted molar refractivity (Wildman–Crippen MR) is 97.5 cm³/mol. The first-order valence-electron chi connectivity index (χ1n) is 8.84. The van der Waals surface area contributed by atoms with Crippen molar-refractivity contribution in [1.82, 2.24) is 25.1 Å². The second-order valence-electron chi connectivity index (χ2n) is 6.76. The molecule has 7 heteroatoms. The first kappa shape index (κ1) is 16.5. The Balaban J connectivity index is 1.66. The maximum absolute atomic E-state index is 11.9. The van der Waals surface area contributed by atoms with E-state index in [0.717, 1.165) is 40.8 Å². The van der Waals surface area contributed by atoms with Crippen molar-refractivity contribution in [2.24, 2.45) is 0 Å². The Labute approximate surface area is 151 Å². The Bertz CT molecular complexity index is 950. The summed E-state index contributed by atoms with van der Waals surface area (Å²) in [7, 11) is 0. The monoisotopic (exact) mass is 351 g/mol. The molecule has 1 fully saturated rings. The van der Waals surface area contributed by atoms with E-state index in [1.54, 1.807) is 12.4 Å². The normalized spacial score (nSPS) is 14.6. The highest BCUT2D eigenvalue weighted by Gasteiger charge is 2.21. The molecule has 0 spiro atoms. The molecule has 0 saturated carbocycles. The summed E-state index contributed by atoms with van der Waals surface area (Å²) in [6, 6.07) is 5.82. The molecule has 4 rings (SSSR count). The average molecular weight is 351 g/mol. The zero-order valence-electron chi connectivity index (χ0n) is 14.9. The van der Waals surface area contributed by atoms with Gasteiger partial charge in [0.1, 0.15) is 5.69 Å². The van der Waals surface area contributed by atoms with Gasteiger partial charge in [-0.3, -0.25) is 14.9 Å². The van der Waals surface area contributed by atoms with Crippen LogP contribution in [0.25, 0.3) is 22.2 Å². The van der Waals surface area contributed by atoms with Crippen molar-refractivity contribution < 1.29 is 9.53 Å². The first-order chi connectivity index (χ1) is 12.6. The fraction of sp³-hybridized carbons (Fsp3) is 0.368. The minimum absolute atomic E-state index is 0.0563. The van der Waals surface area contributed by atoms with Gasteiger partial charge in [0.15, 0.2) is 0 Å². The molecule has 3 aromatic rings. The molecule has 0 atom stereocenters. The molecule has 1 N–H and O–H groups in total. The van der Waals surface area contributed by atoms with Crippen molar-refractivity contribution >= 4 is 16.8 Å². The molecule has 0 aromatic carbocycles. The molecule has 0 unspecified atom stereocenters. The predicted octanol–water partition coefficient (Wildman–Crippen LogP) is 2.93. The van der Waals surface area contributed by atoms with Crippen molar-refractivity contribution in [2.45, 2.75) is 39.3 Å². The second kappa shape index (κ2) is 6.74. The van der Waals surface area contributed by atoms with Gasteiger partial charge in [-0.05, 0) is 32.4 Å². The minimum Gasteiger partial charge on any atom is -0.475 e. The Morgan fingerprint density at radius 2 is 2.19 bits per heavy atom. The minimum atomic E-state index is 0.0563. The van der Waals surface area contributed by atoms with Gasteiger partial charge in [0.25, 0.3) is 0 Å². The number of hydrogen-bond donors (Lipinski definition) is 1. The van der Waals surface area contributed by atoms with Gasteiger partial charge in [-0.1, -0.05) is 0 Å². The number of carbonyl (C=O) groups excluding carboxylic acids is 1. The quantitative estimate of drug-likeness (QED) is 0.764. The molecule has 7 nitrogen and oxygen atoms in total. The number of H-pyrrole nitrogens is 1. The summed E-state index contributed by atoms with van der Waals surface area (Å²) in [6.07, 6.45) is 5.11. The Morgan fingerprint density at radius 1 is 1.31 bits per heavy atom. The number of fused-ring (bicyclic) bond motifs is 1. The SMILES string of the molecule is CC(C)Oc1cc2c(-c3ccnc(CN4CCCC4=O)c3)n[nH]c2cn1. The van der Waals surface area contributed by atoms with Crippen LogP contribution in [-0.2, 0) is 11.3 Å². The molecule has 0 aliphatic carbocycles. The number of hydrogen-bond acceptors (Lipinski definition) is 5. The van der Waals surface area contributed by atoms with Crippen molar-refractivity contribution in [3.05, 3.63) is 36.3 Å². The lowest BCUT2D eigenvalue weighted by atomic mass is 10.1. The third-order valence-electron chi connectivity index (χ3n) is 4.39. The average Bonchev–Trinajstić information content (AvgIpc) is 3.21. The maximum Gasteiger partial charge on any atom is 0.222 e. The third-order valence-corrected chi connectivity index (χ3v) is 4.39. The number of nitrogens with one attached hydrogen (secondary N) is 1. The molecule has 1 amide bonds. The summed E-state index contributed by atoms with van der Waals surface area (Å²) in [4.78, 5) is 22.4. The van der Waals surface area contributed by atoms with E-state index in [9.17, 15) is 4.79 Å². The smallest absolute Gasteiger partial charge is 0.222 e. The molecule has 134 valence electrons. The first-order valence-corrected chi connectivity index (χ1v) is 8.84. The number of rotatable bonds is 5. The van der Waals surface area contributed by atoms with Crippen LogP contribution in [0.4, 0.5) is 0 Å². The van der Waals surface area contributed by atoms with Gasteiger partial charge in [-0.25, -0.2) is 4.98 Å². The van der Waals surface area contributed by atoms with Crippen molar-refractivity contribution in [2.75, 3.05) is 6.54 Å². The van der Waals surface area contributed by atoms with Crippen LogP contribution in [0.3, 0.4) is 0 Å². The third kappa shape index (κ3) is 3.24. The summed E-state index contributed by atoms with van der Waals surface area (Å²) >= 11 is 0. The van der Waals surface area contributed by atoms with Crippen LogP contribution in [0.2, 0.25) is 0 Å². The van der Waals surface area contributed by atoms with Gasteiger partial charge < -0.3 is 9.64 Å². The van der Waals surface area contributed by atoms with Gasteiger partial charge in [-0.2, -0.15) is 5.10 Å². The van der Waals surface area contributed by atoms with Crippen LogP contribution < -0.4 is 4.74 Å². The van der Waals surface area contributed by atoms with Crippen LogP contribution >= 0.6 is 0 Å². The number of pyridine rings is 2. The van der Waals surface area contributed by atoms with Crippen molar-refractivity contribution in [3.8, 4) is 17.1 Å². The van der Waals surface area contributed by atoms with E-state index in [-0.39, 0.29) is 12.0 Å². The van der Waals surface area contributed by atoms with Crippen LogP contribution in [0.15, 0.2) is 30.6 Å². The number of aromatic nitrogens is 4. The van der Waals surface area contributed by atoms with E-state index in [1.165, 1.54) is 0 Å². The van der Waals surface area contributed by atoms with E-state index in [2.05, 4.69) is 20.2 Å². The van der Waals surface area contributed by atoms with Crippen LogP contribution in [0.1, 0.15) is 32.4 Å². The lowest BCUT2D eigenvalue weighted by molar-refractivity contribution is -0.128. The highest BCUT2D eigenvalue weighted by molar-refractivity contribution is 5.93. The number of carbonyl (C=O) groups is 1. The highest BCUT2D eigenvalue weighted by Crippen LogP contribution is 2.28. The lowest BCUT2D eigenvalue weighted by Crippen LogP contribution is -2.24. The standard InChI is InChI=1S/C19H21N5O2/c1-12(2)26-17-9-15-16(10-21-17)22-23-19(15)13-5-6-20-14(8-13)11-24-7-3-4-18(24)25/h5-6,8-10,12H,3-4,7,11H2,1-2H3,(H,22,23). The van der Waals surface area contributed by atoms with Gasteiger partial charge in [-0.15, -0.1) is 0 Å². The molecule has 0 bridgehead atoms. The summed E-state index contributed by atoms with van der Waals surface area (Å²) in [5.74, 6) is 0.774. The Hall–Kier alpha value is -2.96. The summed E-state index contributed by atoms with van der Waals surface area (Å²) < 4.78 is 5.70. The molecule has 1 saturated heterocycles. The highest BCUT2D eigenvalue weighted by atomic mass is 16.5. The maximum atomic E-state index is 11.9. The zero-order chi connectivity index (χ0) is 18.1. The van der Waals surface area contributed by atoms with Crippen LogP contribution in [0.5, 0.6) is 5.88 Å². The van der Waals surface area contributed by atoms with Crippen molar-refractivity contribution in [3.63, 3.8) is 0 Å². The molecular weight excluding hydrogens is 330 g/mol. The molecule has 1 aliphatic rings. The van der Waals surface area contributed by atoms with Gasteiger partial charge in [0.05, 0.1) is 30.1 Å². The van der Waals surface area contributed by atoms with E-state index in [1.807, 2.05) is 36.9 Å². The Morgan fingerprint density at radius 3 is 2.96 bits per heavy atom. The van der Waals surface area contributed by atoms with E-state index < -0.39 is 0 Å². The lowest BCUT2D eigenvalue weighted by Gasteiger charge is -2.15. The number of ether oxygens (including phenoxy) is 1. The summed E-state index contributed by atoms with van der Waals surface area (Å²) in [5.41, 5.74) is 3.49. The molecule has 1 aliphatic heterocycles. The topological polar surface area (TPSA) is 84.0 Å². The van der Waals surface area contributed by atoms with Crippen LogP contribution in [0, 0.1) is 0 Å². The van der Waals surface area contributed by atoms with E-state index in [0.29, 0.717) is 18.8 Å². The van der Waals surface area contributed by atoms with Gasteiger partial charge in [0, 0.05) is 36.2 Å². The zero-order valence-corrected chi connectivity index (χ0v) is 14.9. The number of likely N-dealkylation sites (tertiary alicyclic amines) is 1. The van der Waals surface area contributed by atoms with Gasteiger partial charge in [0.2, 0.25) is 11.8 Å². The Kier molecular flexibility index (Phi) is 4.28. The van der Waals surface area contributed by atoms with Gasteiger partial charge >= 0.3 is 0 Å². The summed E-state index contributed by atoms with van der Waals surface area (Å²) in [6.45, 7) is 5.28. The van der Waals surface area contributed by atoms with Crippen molar-refractivity contribution in [1.29, 1.82) is 0 Å². The molecule has 26 heavy (non-hydrogen) atoms. The van der Waals surface area contributed by atoms with E-state index in [4.69, 9.17) is 4.74 Å². The molecular formula is C19H21N5O2. The fourth-order valence-corrected chi connectivity index (χ4v) is 3.20. The summed E-state index contributed by atoms with van der Waals surface area (Å²) in [5, 5.41) is 8.41. The van der Waals surface area contributed by atoms with Crippen LogP contribution in [-0.4, -0.2) is 43.6 Å². The second-order valence-corrected chi connectivity index (χ2v) is 6.76. The molecule has 0 radical (unpaired) electrons. The number of nitrogens with zero attached hydrogens (tertiary/aromatic N) is 4. The number of amides is 1. The molecule has 3 aromatic heterocycles. The fourth-order valence-electron chi connectivity index (χ4n) is 3.20. The number of aromatic amines is 1.